The number of hydrogen-bond acceptors (Lipinski definition) is 2. The molecule has 0 atom stereocenters. The first-order valence-corrected chi connectivity index (χ1v) is 3.38. The Morgan fingerprint density at radius 2 is 1.79 bits per heavy atom. The molecule has 1 aromatic carbocycles. The molecule has 0 unspecified atom stereocenters. The van der Waals surface area contributed by atoms with Crippen LogP contribution in [0.15, 0.2) is 24.3 Å². The minimum atomic E-state index is -2.89. The second-order valence-corrected chi connectivity index (χ2v) is 2.21. The molecule has 0 aliphatic carbocycles. The van der Waals surface area contributed by atoms with Crippen LogP contribution in [0, 0.1) is 0 Å². The Labute approximate surface area is 84.7 Å². The van der Waals surface area contributed by atoms with Crippen molar-refractivity contribution in [2.75, 3.05) is 0 Å². The van der Waals surface area contributed by atoms with Gasteiger partial charge in [0.2, 0.25) is 0 Å². The Hall–Kier alpha value is -1.36. The molecule has 1 N–H and O–H groups in total. The SMILES string of the molecule is Cl.O=C(O)c1ccc(OC(F)F)cc1. The quantitative estimate of drug-likeness (QED) is 0.858. The molecule has 0 aliphatic heterocycles. The van der Waals surface area contributed by atoms with Gasteiger partial charge in [-0.2, -0.15) is 8.78 Å². The fourth-order valence-electron chi connectivity index (χ4n) is 0.779. The topological polar surface area (TPSA) is 46.5 Å². The molecule has 6 heteroatoms. The van der Waals surface area contributed by atoms with Crippen LogP contribution in [0.2, 0.25) is 0 Å². The maximum absolute atomic E-state index is 11.6. The van der Waals surface area contributed by atoms with Gasteiger partial charge in [0.1, 0.15) is 5.75 Å². The van der Waals surface area contributed by atoms with Crippen LogP contribution < -0.4 is 4.74 Å². The summed E-state index contributed by atoms with van der Waals surface area (Å²) >= 11 is 0. The molecule has 0 heterocycles. The van der Waals surface area contributed by atoms with Crippen molar-refractivity contribution in [3.05, 3.63) is 29.8 Å². The van der Waals surface area contributed by atoms with Crippen LogP contribution in [0.5, 0.6) is 5.75 Å². The zero-order valence-corrected chi connectivity index (χ0v) is 7.63. The minimum Gasteiger partial charge on any atom is -0.478 e. The molecular formula is C8H7ClF2O3. The van der Waals surface area contributed by atoms with Crippen LogP contribution >= 0.6 is 12.4 Å². The maximum Gasteiger partial charge on any atom is 0.387 e. The molecule has 0 fully saturated rings. The van der Waals surface area contributed by atoms with Crippen molar-refractivity contribution in [3.63, 3.8) is 0 Å². The molecule has 0 saturated heterocycles. The Morgan fingerprint density at radius 1 is 1.29 bits per heavy atom. The lowest BCUT2D eigenvalue weighted by atomic mass is 10.2. The van der Waals surface area contributed by atoms with E-state index in [4.69, 9.17) is 5.11 Å². The summed E-state index contributed by atoms with van der Waals surface area (Å²) in [5, 5.41) is 8.47. The minimum absolute atomic E-state index is 0. The average Bonchev–Trinajstić information content (AvgIpc) is 2.04. The van der Waals surface area contributed by atoms with Crippen molar-refractivity contribution in [2.24, 2.45) is 0 Å². The molecule has 0 aliphatic rings. The van der Waals surface area contributed by atoms with Gasteiger partial charge in [0, 0.05) is 0 Å². The molecule has 78 valence electrons. The molecule has 0 aromatic heterocycles. The molecule has 1 aromatic rings. The van der Waals surface area contributed by atoms with Gasteiger partial charge in [-0.05, 0) is 24.3 Å². The lowest BCUT2D eigenvalue weighted by Crippen LogP contribution is -2.02. The largest absolute Gasteiger partial charge is 0.478 e. The third-order valence-electron chi connectivity index (χ3n) is 1.33. The summed E-state index contributed by atoms with van der Waals surface area (Å²) < 4.78 is 27.3. The van der Waals surface area contributed by atoms with Crippen LogP contribution in [-0.4, -0.2) is 17.7 Å². The Kier molecular flexibility index (Phi) is 4.86. The Bertz CT molecular complexity index is 300. The van der Waals surface area contributed by atoms with Crippen molar-refractivity contribution in [1.82, 2.24) is 0 Å². The second-order valence-electron chi connectivity index (χ2n) is 2.21. The van der Waals surface area contributed by atoms with Gasteiger partial charge < -0.3 is 9.84 Å². The van der Waals surface area contributed by atoms with E-state index in [2.05, 4.69) is 4.74 Å². The van der Waals surface area contributed by atoms with Crippen molar-refractivity contribution in [3.8, 4) is 5.75 Å². The summed E-state index contributed by atoms with van der Waals surface area (Å²) in [6.45, 7) is -2.89. The van der Waals surface area contributed by atoms with E-state index < -0.39 is 12.6 Å². The third-order valence-corrected chi connectivity index (χ3v) is 1.33. The summed E-state index contributed by atoms with van der Waals surface area (Å²) in [5.41, 5.74) is 0.0293. The van der Waals surface area contributed by atoms with Gasteiger partial charge in [0.05, 0.1) is 5.56 Å². The number of hydrogen-bond donors (Lipinski definition) is 1. The summed E-state index contributed by atoms with van der Waals surface area (Å²) in [7, 11) is 0. The first-order chi connectivity index (χ1) is 6.09. The van der Waals surface area contributed by atoms with Gasteiger partial charge in [-0.15, -0.1) is 12.4 Å². The van der Waals surface area contributed by atoms with E-state index in [-0.39, 0.29) is 23.7 Å². The number of carboxylic acid groups (broad SMARTS) is 1. The van der Waals surface area contributed by atoms with E-state index >= 15 is 0 Å². The molecule has 14 heavy (non-hydrogen) atoms. The van der Waals surface area contributed by atoms with E-state index in [9.17, 15) is 13.6 Å². The van der Waals surface area contributed by atoms with Crippen LogP contribution in [0.4, 0.5) is 8.78 Å². The summed E-state index contributed by atoms with van der Waals surface area (Å²) in [6, 6.07) is 4.74. The summed E-state index contributed by atoms with van der Waals surface area (Å²) in [5.74, 6) is -1.16. The van der Waals surface area contributed by atoms with Gasteiger partial charge >= 0.3 is 12.6 Å². The maximum atomic E-state index is 11.6. The summed E-state index contributed by atoms with van der Waals surface area (Å²) in [4.78, 5) is 10.3. The predicted octanol–water partition coefficient (Wildman–Crippen LogP) is 2.41. The summed E-state index contributed by atoms with van der Waals surface area (Å²) in [6.07, 6.45) is 0. The van der Waals surface area contributed by atoms with Crippen LogP contribution in [0.1, 0.15) is 10.4 Å². The van der Waals surface area contributed by atoms with E-state index in [1.807, 2.05) is 0 Å². The van der Waals surface area contributed by atoms with Crippen LogP contribution in [-0.2, 0) is 0 Å². The number of halogens is 3. The van der Waals surface area contributed by atoms with Crippen LogP contribution in [0.25, 0.3) is 0 Å². The molecule has 0 saturated carbocycles. The standard InChI is InChI=1S/C8H6F2O3.ClH/c9-8(10)13-6-3-1-5(2-4-6)7(11)12;/h1-4,8H,(H,11,12);1H. The fraction of sp³-hybridized carbons (Fsp3) is 0.125. The number of alkyl halides is 2. The highest BCUT2D eigenvalue weighted by Crippen LogP contribution is 2.14. The number of carbonyl (C=O) groups is 1. The van der Waals surface area contributed by atoms with Gasteiger partial charge in [-0.1, -0.05) is 0 Å². The normalized spacial score (nSPS) is 9.36. The highest BCUT2D eigenvalue weighted by molar-refractivity contribution is 5.87. The van der Waals surface area contributed by atoms with E-state index in [0.29, 0.717) is 0 Å². The van der Waals surface area contributed by atoms with Gasteiger partial charge in [-0.25, -0.2) is 4.79 Å². The highest BCUT2D eigenvalue weighted by atomic mass is 35.5. The molecule has 0 radical (unpaired) electrons. The van der Waals surface area contributed by atoms with Crippen molar-refractivity contribution >= 4 is 18.4 Å². The van der Waals surface area contributed by atoms with E-state index in [1.54, 1.807) is 0 Å². The fourth-order valence-corrected chi connectivity index (χ4v) is 0.779. The van der Waals surface area contributed by atoms with Crippen molar-refractivity contribution < 1.29 is 23.4 Å². The van der Waals surface area contributed by atoms with E-state index in [1.165, 1.54) is 24.3 Å². The number of aromatic carboxylic acids is 1. The molecule has 0 amide bonds. The number of rotatable bonds is 3. The zero-order chi connectivity index (χ0) is 9.84. The van der Waals surface area contributed by atoms with Gasteiger partial charge in [0.25, 0.3) is 0 Å². The lowest BCUT2D eigenvalue weighted by molar-refractivity contribution is -0.0498. The van der Waals surface area contributed by atoms with Gasteiger partial charge in [0.15, 0.2) is 0 Å². The van der Waals surface area contributed by atoms with Crippen molar-refractivity contribution in [2.45, 2.75) is 6.61 Å². The average molecular weight is 225 g/mol. The van der Waals surface area contributed by atoms with Crippen molar-refractivity contribution in [1.29, 1.82) is 0 Å². The first-order valence-electron chi connectivity index (χ1n) is 3.38. The number of benzene rings is 1. The number of carboxylic acids is 1. The van der Waals surface area contributed by atoms with Gasteiger partial charge in [-0.3, -0.25) is 0 Å². The van der Waals surface area contributed by atoms with Crippen LogP contribution in [0.3, 0.4) is 0 Å². The Balaban J connectivity index is 0.00000169. The molecule has 0 spiro atoms. The first kappa shape index (κ1) is 12.6. The Morgan fingerprint density at radius 3 is 2.14 bits per heavy atom. The molecular weight excluding hydrogens is 218 g/mol. The highest BCUT2D eigenvalue weighted by Gasteiger charge is 2.05. The lowest BCUT2D eigenvalue weighted by Gasteiger charge is -2.03. The predicted molar refractivity (Wildman–Crippen MR) is 47.3 cm³/mol. The molecule has 1 rings (SSSR count). The zero-order valence-electron chi connectivity index (χ0n) is 6.81. The molecule has 3 nitrogen and oxygen atoms in total. The second kappa shape index (κ2) is 5.39. The number of ether oxygens (including phenoxy) is 1. The third kappa shape index (κ3) is 3.57. The molecule has 0 bridgehead atoms. The smallest absolute Gasteiger partial charge is 0.387 e. The van der Waals surface area contributed by atoms with E-state index in [0.717, 1.165) is 0 Å². The monoisotopic (exact) mass is 224 g/mol.